The third kappa shape index (κ3) is 6.09. The molecule has 2 aliphatic rings. The molecule has 1 aromatic carbocycles. The molecule has 0 bridgehead atoms. The van der Waals surface area contributed by atoms with Gasteiger partial charge in [-0.2, -0.15) is 5.26 Å². The minimum absolute atomic E-state index is 0.0756. The highest BCUT2D eigenvalue weighted by molar-refractivity contribution is 8.26. The van der Waals surface area contributed by atoms with Gasteiger partial charge in [0.05, 0.1) is 10.6 Å². The van der Waals surface area contributed by atoms with E-state index >= 15 is 0 Å². The number of anilines is 2. The Kier molecular flexibility index (Phi) is 10.0. The van der Waals surface area contributed by atoms with Crippen LogP contribution in [0.3, 0.4) is 0 Å². The Labute approximate surface area is 244 Å². The topological polar surface area (TPSA) is 81.8 Å². The summed E-state index contributed by atoms with van der Waals surface area (Å²) in [6, 6.07) is 8.82. The molecule has 0 aliphatic carbocycles. The maximum Gasteiger partial charge on any atom is 0.270 e. The summed E-state index contributed by atoms with van der Waals surface area (Å²) < 4.78 is 21.8. The van der Waals surface area contributed by atoms with Crippen molar-refractivity contribution in [1.82, 2.24) is 9.47 Å². The van der Waals surface area contributed by atoms with E-state index < -0.39 is 0 Å². The number of methoxy groups -OCH3 is 1. The molecule has 0 atom stereocenters. The van der Waals surface area contributed by atoms with Crippen LogP contribution in [0.2, 0.25) is 0 Å². The lowest BCUT2D eigenvalue weighted by Crippen LogP contribution is -2.49. The second-order valence-corrected chi connectivity index (χ2v) is 11.4. The predicted molar refractivity (Wildman–Crippen MR) is 162 cm³/mol. The van der Waals surface area contributed by atoms with Gasteiger partial charge in [0.25, 0.3) is 11.5 Å². The largest absolute Gasteiger partial charge is 0.385 e. The number of amides is 1. The van der Waals surface area contributed by atoms with Gasteiger partial charge >= 0.3 is 0 Å². The number of thioether (sulfide) groups is 1. The average Bonchev–Trinajstić information content (AvgIpc) is 3.22. The number of halogens is 1. The molecule has 0 spiro atoms. The van der Waals surface area contributed by atoms with Crippen molar-refractivity contribution in [3.63, 3.8) is 0 Å². The Balaban J connectivity index is 1.76. The van der Waals surface area contributed by atoms with Gasteiger partial charge in [-0.15, -0.1) is 0 Å². The molecule has 2 aromatic rings. The van der Waals surface area contributed by atoms with Crippen LogP contribution in [-0.4, -0.2) is 66.1 Å². The Morgan fingerprint density at radius 1 is 1.12 bits per heavy atom. The van der Waals surface area contributed by atoms with Crippen LogP contribution in [0, 0.1) is 24.1 Å². The number of ether oxygens (including phenoxy) is 1. The Hall–Kier alpha value is -3.20. The summed E-state index contributed by atoms with van der Waals surface area (Å²) in [4.78, 5) is 33.0. The molecule has 212 valence electrons. The zero-order valence-corrected chi connectivity index (χ0v) is 24.7. The monoisotopic (exact) mass is 583 g/mol. The van der Waals surface area contributed by atoms with Crippen LogP contribution < -0.4 is 15.4 Å². The van der Waals surface area contributed by atoms with E-state index in [1.54, 1.807) is 41.7 Å². The first-order chi connectivity index (χ1) is 19.3. The number of hydrogen-bond acceptors (Lipinski definition) is 8. The normalized spacial score (nSPS) is 16.8. The molecule has 0 unspecified atom stereocenters. The smallest absolute Gasteiger partial charge is 0.270 e. The number of nitriles is 1. The van der Waals surface area contributed by atoms with E-state index in [-0.39, 0.29) is 22.8 Å². The number of nitrogens with zero attached hydrogens (tertiary/aromatic N) is 5. The lowest BCUT2D eigenvalue weighted by atomic mass is 10.0. The summed E-state index contributed by atoms with van der Waals surface area (Å²) in [6.45, 7) is 7.44. The summed E-state index contributed by atoms with van der Waals surface area (Å²) in [5.41, 5.74) is 1.51. The quantitative estimate of drug-likeness (QED) is 0.229. The summed E-state index contributed by atoms with van der Waals surface area (Å²) in [6.07, 6.45) is 4.08. The summed E-state index contributed by atoms with van der Waals surface area (Å²) in [5, 5.41) is 9.93. The highest BCUT2D eigenvalue weighted by atomic mass is 32.2. The van der Waals surface area contributed by atoms with Gasteiger partial charge in [0, 0.05) is 58.5 Å². The van der Waals surface area contributed by atoms with E-state index in [2.05, 4.69) is 11.0 Å². The van der Waals surface area contributed by atoms with Crippen molar-refractivity contribution in [2.24, 2.45) is 0 Å². The van der Waals surface area contributed by atoms with Gasteiger partial charge in [-0.3, -0.25) is 19.1 Å². The van der Waals surface area contributed by atoms with Crippen LogP contribution in [0.1, 0.15) is 42.9 Å². The molecule has 40 heavy (non-hydrogen) atoms. The highest BCUT2D eigenvalue weighted by Crippen LogP contribution is 2.36. The van der Waals surface area contributed by atoms with Gasteiger partial charge < -0.3 is 14.5 Å². The van der Waals surface area contributed by atoms with Gasteiger partial charge in [0.15, 0.2) is 0 Å². The molecule has 0 N–H and O–H groups in total. The highest BCUT2D eigenvalue weighted by Gasteiger charge is 2.33. The molecule has 8 nitrogen and oxygen atoms in total. The van der Waals surface area contributed by atoms with Crippen molar-refractivity contribution in [2.45, 2.75) is 39.7 Å². The summed E-state index contributed by atoms with van der Waals surface area (Å²) >= 11 is 6.73. The average molecular weight is 584 g/mol. The number of unbranched alkanes of at least 4 members (excludes halogenated alkanes) is 1. The molecule has 4 rings (SSSR count). The van der Waals surface area contributed by atoms with E-state index in [4.69, 9.17) is 17.0 Å². The van der Waals surface area contributed by atoms with Crippen molar-refractivity contribution in [2.75, 3.05) is 56.2 Å². The van der Waals surface area contributed by atoms with Crippen LogP contribution in [0.25, 0.3) is 6.08 Å². The molecule has 2 saturated heterocycles. The van der Waals surface area contributed by atoms with Gasteiger partial charge in [0.1, 0.15) is 27.6 Å². The summed E-state index contributed by atoms with van der Waals surface area (Å²) in [5.74, 6) is 0.233. The predicted octanol–water partition coefficient (Wildman–Crippen LogP) is 4.53. The van der Waals surface area contributed by atoms with Crippen LogP contribution in [-0.2, 0) is 16.1 Å². The molecule has 3 heterocycles. The fourth-order valence-electron chi connectivity index (χ4n) is 5.07. The lowest BCUT2D eigenvalue weighted by molar-refractivity contribution is -0.122. The zero-order chi connectivity index (χ0) is 28.8. The molecule has 2 fully saturated rings. The molecule has 1 amide bonds. The zero-order valence-electron chi connectivity index (χ0n) is 23.1. The van der Waals surface area contributed by atoms with Crippen molar-refractivity contribution >= 4 is 51.8 Å². The summed E-state index contributed by atoms with van der Waals surface area (Å²) in [7, 11) is 1.62. The maximum atomic E-state index is 14.5. The Bertz CT molecular complexity index is 1410. The molecule has 0 saturated carbocycles. The van der Waals surface area contributed by atoms with E-state index in [0.29, 0.717) is 84.2 Å². The van der Waals surface area contributed by atoms with Gasteiger partial charge in [-0.05, 0) is 43.5 Å². The number of pyridine rings is 1. The fourth-order valence-corrected chi connectivity index (χ4v) is 6.36. The van der Waals surface area contributed by atoms with Crippen LogP contribution >= 0.6 is 24.0 Å². The molecule has 1 aromatic heterocycles. The van der Waals surface area contributed by atoms with Gasteiger partial charge in [0.2, 0.25) is 0 Å². The van der Waals surface area contributed by atoms with Crippen LogP contribution in [0.15, 0.2) is 34.0 Å². The first-order valence-corrected chi connectivity index (χ1v) is 14.7. The number of para-hydroxylation sites is 1. The second kappa shape index (κ2) is 13.4. The third-order valence-electron chi connectivity index (χ3n) is 7.23. The fraction of sp³-hybridized carbons (Fsp3) is 0.448. The van der Waals surface area contributed by atoms with Crippen molar-refractivity contribution in [3.8, 4) is 6.07 Å². The molecule has 11 heteroatoms. The van der Waals surface area contributed by atoms with Gasteiger partial charge in [-0.25, -0.2) is 4.39 Å². The standard InChI is InChI=1S/C29H34FN5O3S2/c1-4-5-11-34-26(33-15-13-32(14-16-33)24-10-7-6-9-23(24)30)21(20(2)22(19-31)27(34)36)18-25-28(37)35(29(39)40-25)12-8-17-38-3/h6-7,9-10,18H,4-5,8,11-17H2,1-3H3. The third-order valence-corrected chi connectivity index (χ3v) is 8.61. The van der Waals surface area contributed by atoms with Crippen molar-refractivity contribution < 1.29 is 13.9 Å². The van der Waals surface area contributed by atoms with Crippen molar-refractivity contribution in [1.29, 1.82) is 5.26 Å². The second-order valence-electron chi connectivity index (χ2n) is 9.76. The number of hydrogen-bond donors (Lipinski definition) is 0. The van der Waals surface area contributed by atoms with Crippen LogP contribution in [0.4, 0.5) is 15.9 Å². The van der Waals surface area contributed by atoms with E-state index in [1.165, 1.54) is 17.8 Å². The molecular formula is C29H34FN5O3S2. The van der Waals surface area contributed by atoms with Crippen molar-refractivity contribution in [3.05, 3.63) is 62.0 Å². The molecule has 2 aliphatic heterocycles. The number of benzene rings is 1. The molecular weight excluding hydrogens is 549 g/mol. The van der Waals surface area contributed by atoms with Crippen LogP contribution in [0.5, 0.6) is 0 Å². The Morgan fingerprint density at radius 2 is 1.82 bits per heavy atom. The number of carbonyl (C=O) groups is 1. The lowest BCUT2D eigenvalue weighted by Gasteiger charge is -2.39. The first-order valence-electron chi connectivity index (χ1n) is 13.5. The number of rotatable bonds is 10. The molecule has 0 radical (unpaired) electrons. The minimum Gasteiger partial charge on any atom is -0.385 e. The number of carbonyl (C=O) groups excluding carboxylic acids is 1. The number of thiocarbonyl (C=S) groups is 1. The SMILES string of the molecule is CCCCn1c(N2CCN(c3ccccc3F)CC2)c(C=C2SC(=S)N(CCCOC)C2=O)c(C)c(C#N)c1=O. The maximum absolute atomic E-state index is 14.5. The first kappa shape index (κ1) is 29.8. The van der Waals surface area contributed by atoms with E-state index in [9.17, 15) is 19.2 Å². The van der Waals surface area contributed by atoms with E-state index in [1.807, 2.05) is 17.9 Å². The number of aromatic nitrogens is 1. The minimum atomic E-state index is -0.329. The Morgan fingerprint density at radius 3 is 2.48 bits per heavy atom. The number of piperazine rings is 1. The van der Waals surface area contributed by atoms with Gasteiger partial charge in [-0.1, -0.05) is 49.5 Å². The van der Waals surface area contributed by atoms with E-state index in [0.717, 1.165) is 12.8 Å².